The smallest absolute Gasteiger partial charge is 0.338 e. The minimum atomic E-state index is -0.256. The summed E-state index contributed by atoms with van der Waals surface area (Å²) in [6, 6.07) is 14.7. The van der Waals surface area contributed by atoms with Crippen LogP contribution in [0.15, 0.2) is 42.5 Å². The van der Waals surface area contributed by atoms with Crippen molar-refractivity contribution in [3.05, 3.63) is 70.3 Å². The Hall–Kier alpha value is -2.39. The first-order valence-corrected chi connectivity index (χ1v) is 12.4. The van der Waals surface area contributed by atoms with Crippen molar-refractivity contribution >= 4 is 17.6 Å². The second-order valence-electron chi connectivity index (χ2n) is 10.6. The lowest BCUT2D eigenvalue weighted by Crippen LogP contribution is -2.33. The Morgan fingerprint density at radius 3 is 2.09 bits per heavy atom. The number of allylic oxidation sites excluding steroid dienone is 1. The van der Waals surface area contributed by atoms with Crippen LogP contribution < -0.4 is 0 Å². The van der Waals surface area contributed by atoms with Gasteiger partial charge in [-0.1, -0.05) is 78.0 Å². The summed E-state index contributed by atoms with van der Waals surface area (Å²) in [5.74, 6) is -0.256. The molecule has 3 rings (SSSR count). The molecule has 0 amide bonds. The van der Waals surface area contributed by atoms with E-state index in [2.05, 4.69) is 77.6 Å². The van der Waals surface area contributed by atoms with Crippen LogP contribution in [0, 0.1) is 0 Å². The Kier molecular flexibility index (Phi) is 7.84. The van der Waals surface area contributed by atoms with Gasteiger partial charge < -0.3 is 9.64 Å². The first-order chi connectivity index (χ1) is 15.6. The van der Waals surface area contributed by atoms with Crippen LogP contribution in [-0.4, -0.2) is 37.1 Å². The number of hydrogen-bond donors (Lipinski definition) is 0. The average Bonchev–Trinajstić information content (AvgIpc) is 2.80. The number of fused-ring (bicyclic) bond motifs is 1. The zero-order valence-electron chi connectivity index (χ0n) is 21.6. The first-order valence-electron chi connectivity index (χ1n) is 12.4. The molecule has 1 aliphatic carbocycles. The molecule has 0 saturated heterocycles. The Bertz CT molecular complexity index is 994. The highest BCUT2D eigenvalue weighted by Crippen LogP contribution is 2.46. The number of benzene rings is 2. The van der Waals surface area contributed by atoms with Gasteiger partial charge in [-0.05, 0) is 83.6 Å². The molecule has 0 bridgehead atoms. The molecule has 0 aliphatic heterocycles. The summed E-state index contributed by atoms with van der Waals surface area (Å²) in [6.07, 6.45) is 4.63. The third-order valence-electron chi connectivity index (χ3n) is 7.37. The molecule has 0 heterocycles. The molecule has 0 unspecified atom stereocenters. The number of esters is 1. The first kappa shape index (κ1) is 25.2. The molecule has 178 valence electrons. The minimum absolute atomic E-state index is 0.203. The van der Waals surface area contributed by atoms with Gasteiger partial charge in [-0.15, -0.1) is 0 Å². The molecule has 0 radical (unpaired) electrons. The van der Waals surface area contributed by atoms with Crippen molar-refractivity contribution in [1.29, 1.82) is 0 Å². The zero-order valence-corrected chi connectivity index (χ0v) is 21.6. The number of carbonyl (C=O) groups excluding carboxylic acids is 1. The van der Waals surface area contributed by atoms with Gasteiger partial charge in [0, 0.05) is 6.54 Å². The highest BCUT2D eigenvalue weighted by molar-refractivity contribution is 5.90. The highest BCUT2D eigenvalue weighted by atomic mass is 16.5. The maximum absolute atomic E-state index is 12.4. The summed E-state index contributed by atoms with van der Waals surface area (Å²) in [4.78, 5) is 14.6. The monoisotopic (exact) mass is 447 g/mol. The predicted octanol–water partition coefficient (Wildman–Crippen LogP) is 7.09. The van der Waals surface area contributed by atoms with E-state index in [0.717, 1.165) is 25.2 Å². The number of carbonyl (C=O) groups is 1. The maximum Gasteiger partial charge on any atom is 0.338 e. The lowest BCUT2D eigenvalue weighted by molar-refractivity contribution is 0.0466. The Morgan fingerprint density at radius 2 is 1.48 bits per heavy atom. The molecule has 3 nitrogen and oxygen atoms in total. The van der Waals surface area contributed by atoms with E-state index in [1.807, 2.05) is 24.3 Å². The van der Waals surface area contributed by atoms with Crippen LogP contribution in [0.5, 0.6) is 0 Å². The summed E-state index contributed by atoms with van der Waals surface area (Å²) in [6.45, 7) is 19.0. The molecular formula is C30H41NO2. The van der Waals surface area contributed by atoms with Crippen molar-refractivity contribution in [2.45, 2.75) is 72.1 Å². The van der Waals surface area contributed by atoms with Crippen LogP contribution >= 0.6 is 0 Å². The topological polar surface area (TPSA) is 29.5 Å². The number of ether oxygens (including phenoxy) is 1. The standard InChI is InChI=1S/C30H41NO2/c1-8-31(9-2)18-19-33-28(32)24-12-10-23(11-13-24)20-22(3)25-14-15-26-27(21-25)30(6,7)17-16-29(26,4)5/h10-15,20-21H,8-9,16-19H2,1-7H3. The second-order valence-corrected chi connectivity index (χ2v) is 10.6. The largest absolute Gasteiger partial charge is 0.461 e. The van der Waals surface area contributed by atoms with Crippen LogP contribution in [0.4, 0.5) is 0 Å². The summed E-state index contributed by atoms with van der Waals surface area (Å²) in [5, 5.41) is 0. The van der Waals surface area contributed by atoms with E-state index in [1.165, 1.54) is 35.1 Å². The fraction of sp³-hybridized carbons (Fsp3) is 0.500. The second kappa shape index (κ2) is 10.3. The van der Waals surface area contributed by atoms with Crippen molar-refractivity contribution < 1.29 is 9.53 Å². The molecule has 2 aromatic carbocycles. The molecule has 0 aromatic heterocycles. The van der Waals surface area contributed by atoms with Crippen molar-refractivity contribution in [2.24, 2.45) is 0 Å². The zero-order chi connectivity index (χ0) is 24.2. The van der Waals surface area contributed by atoms with Crippen molar-refractivity contribution in [2.75, 3.05) is 26.2 Å². The Balaban J connectivity index is 1.72. The van der Waals surface area contributed by atoms with E-state index < -0.39 is 0 Å². The van der Waals surface area contributed by atoms with Crippen LogP contribution in [0.3, 0.4) is 0 Å². The molecule has 0 saturated carbocycles. The molecule has 0 atom stereocenters. The van der Waals surface area contributed by atoms with Gasteiger partial charge in [-0.3, -0.25) is 0 Å². The molecule has 33 heavy (non-hydrogen) atoms. The summed E-state index contributed by atoms with van der Waals surface area (Å²) in [5.41, 5.74) is 7.58. The fourth-order valence-corrected chi connectivity index (χ4v) is 4.77. The Morgan fingerprint density at radius 1 is 0.909 bits per heavy atom. The normalized spacial score (nSPS) is 17.0. The van der Waals surface area contributed by atoms with Crippen molar-refractivity contribution in [1.82, 2.24) is 4.90 Å². The molecule has 0 spiro atoms. The van der Waals surface area contributed by atoms with Gasteiger partial charge in [-0.25, -0.2) is 4.79 Å². The van der Waals surface area contributed by atoms with Gasteiger partial charge in [0.25, 0.3) is 0 Å². The molecular weight excluding hydrogens is 406 g/mol. The number of hydrogen-bond acceptors (Lipinski definition) is 3. The van der Waals surface area contributed by atoms with E-state index in [4.69, 9.17) is 4.74 Å². The number of nitrogens with zero attached hydrogens (tertiary/aromatic N) is 1. The lowest BCUT2D eigenvalue weighted by atomic mass is 9.63. The molecule has 1 aliphatic rings. The Labute approximate surface area is 200 Å². The van der Waals surface area contributed by atoms with Crippen LogP contribution in [0.1, 0.15) is 93.9 Å². The minimum Gasteiger partial charge on any atom is -0.461 e. The molecule has 0 N–H and O–H groups in total. The van der Waals surface area contributed by atoms with Crippen LogP contribution in [0.2, 0.25) is 0 Å². The van der Waals surface area contributed by atoms with E-state index in [0.29, 0.717) is 12.2 Å². The van der Waals surface area contributed by atoms with E-state index in [9.17, 15) is 4.79 Å². The van der Waals surface area contributed by atoms with E-state index in [1.54, 1.807) is 0 Å². The van der Waals surface area contributed by atoms with Crippen LogP contribution in [-0.2, 0) is 15.6 Å². The maximum atomic E-state index is 12.4. The number of likely N-dealkylation sites (N-methyl/N-ethyl adjacent to an activating group) is 1. The highest BCUT2D eigenvalue weighted by Gasteiger charge is 2.36. The molecule has 2 aromatic rings. The lowest BCUT2D eigenvalue weighted by Gasteiger charge is -2.42. The third kappa shape index (κ3) is 5.95. The summed E-state index contributed by atoms with van der Waals surface area (Å²) >= 11 is 0. The van der Waals surface area contributed by atoms with Gasteiger partial charge in [-0.2, -0.15) is 0 Å². The quantitative estimate of drug-likeness (QED) is 0.319. The van der Waals surface area contributed by atoms with Gasteiger partial charge in [0.05, 0.1) is 5.56 Å². The van der Waals surface area contributed by atoms with Gasteiger partial charge in [0.2, 0.25) is 0 Å². The molecule has 3 heteroatoms. The van der Waals surface area contributed by atoms with E-state index >= 15 is 0 Å². The van der Waals surface area contributed by atoms with Gasteiger partial charge in [0.1, 0.15) is 6.61 Å². The van der Waals surface area contributed by atoms with Crippen LogP contribution in [0.25, 0.3) is 11.6 Å². The predicted molar refractivity (Wildman–Crippen MR) is 140 cm³/mol. The number of rotatable bonds is 8. The summed E-state index contributed by atoms with van der Waals surface area (Å²) in [7, 11) is 0. The fourth-order valence-electron chi connectivity index (χ4n) is 4.77. The van der Waals surface area contributed by atoms with E-state index in [-0.39, 0.29) is 16.8 Å². The van der Waals surface area contributed by atoms with Gasteiger partial charge in [0.15, 0.2) is 0 Å². The molecule has 0 fully saturated rings. The third-order valence-corrected chi connectivity index (χ3v) is 7.37. The summed E-state index contributed by atoms with van der Waals surface area (Å²) < 4.78 is 5.45. The SMILES string of the molecule is CCN(CC)CCOC(=O)c1ccc(C=C(C)c2ccc3c(c2)C(C)(C)CCC3(C)C)cc1. The van der Waals surface area contributed by atoms with Crippen molar-refractivity contribution in [3.8, 4) is 0 Å². The van der Waals surface area contributed by atoms with Crippen molar-refractivity contribution in [3.63, 3.8) is 0 Å². The average molecular weight is 448 g/mol. The van der Waals surface area contributed by atoms with Gasteiger partial charge >= 0.3 is 5.97 Å².